The van der Waals surface area contributed by atoms with Crippen LogP contribution in [0.1, 0.15) is 34.3 Å². The molecule has 0 spiro atoms. The fourth-order valence-electron chi connectivity index (χ4n) is 2.88. The van der Waals surface area contributed by atoms with Gasteiger partial charge in [-0.3, -0.25) is 4.79 Å². The maximum absolute atomic E-state index is 12.6. The third kappa shape index (κ3) is 4.90. The Morgan fingerprint density at radius 3 is 2.81 bits per heavy atom. The van der Waals surface area contributed by atoms with E-state index in [1.165, 1.54) is 0 Å². The highest BCUT2D eigenvalue weighted by Crippen LogP contribution is 2.28. The molecule has 1 atom stereocenters. The second kappa shape index (κ2) is 8.92. The van der Waals surface area contributed by atoms with Gasteiger partial charge >= 0.3 is 0 Å². The van der Waals surface area contributed by atoms with Crippen LogP contribution in [0.5, 0.6) is 5.75 Å². The lowest BCUT2D eigenvalue weighted by atomic mass is 10.1. The van der Waals surface area contributed by atoms with Crippen molar-refractivity contribution in [3.63, 3.8) is 0 Å². The molecule has 26 heavy (non-hydrogen) atoms. The monoisotopic (exact) mass is 376 g/mol. The predicted octanol–water partition coefficient (Wildman–Crippen LogP) is 4.12. The van der Waals surface area contributed by atoms with Crippen LogP contribution >= 0.6 is 12.4 Å². The van der Waals surface area contributed by atoms with Gasteiger partial charge in [0.15, 0.2) is 0 Å². The van der Waals surface area contributed by atoms with Crippen molar-refractivity contribution < 1.29 is 14.3 Å². The molecular weight excluding hydrogens is 352 g/mol. The van der Waals surface area contributed by atoms with Gasteiger partial charge in [-0.15, -0.1) is 12.4 Å². The first-order valence-corrected chi connectivity index (χ1v) is 8.55. The van der Waals surface area contributed by atoms with Crippen LogP contribution in [0.4, 0.5) is 11.4 Å². The summed E-state index contributed by atoms with van der Waals surface area (Å²) < 4.78 is 11.5. The number of benzene rings is 2. The molecule has 0 aliphatic carbocycles. The topological polar surface area (TPSA) is 73.6 Å². The molecule has 0 saturated carbocycles. The zero-order chi connectivity index (χ0) is 17.8. The molecule has 5 nitrogen and oxygen atoms in total. The fraction of sp³-hybridized carbons (Fsp3) is 0.350. The quantitative estimate of drug-likeness (QED) is 0.770. The highest BCUT2D eigenvalue weighted by atomic mass is 35.5. The molecule has 3 N–H and O–H groups in total. The zero-order valence-electron chi connectivity index (χ0n) is 15.1. The van der Waals surface area contributed by atoms with Crippen molar-refractivity contribution in [1.82, 2.24) is 0 Å². The maximum atomic E-state index is 12.6. The number of nitrogen functional groups attached to an aromatic ring is 1. The predicted molar refractivity (Wildman–Crippen MR) is 106 cm³/mol. The first-order chi connectivity index (χ1) is 12.0. The van der Waals surface area contributed by atoms with Gasteiger partial charge in [-0.25, -0.2) is 0 Å². The highest BCUT2D eigenvalue weighted by molar-refractivity contribution is 6.06. The number of amides is 1. The number of ether oxygens (including phenoxy) is 2. The smallest absolute Gasteiger partial charge is 0.256 e. The van der Waals surface area contributed by atoms with Gasteiger partial charge in [-0.05, 0) is 62.1 Å². The van der Waals surface area contributed by atoms with Crippen molar-refractivity contribution >= 4 is 29.7 Å². The first-order valence-electron chi connectivity index (χ1n) is 8.55. The average Bonchev–Trinajstić information content (AvgIpc) is 3.10. The van der Waals surface area contributed by atoms with Crippen LogP contribution in [0.15, 0.2) is 36.4 Å². The lowest BCUT2D eigenvalue weighted by molar-refractivity contribution is 0.0681. The summed E-state index contributed by atoms with van der Waals surface area (Å²) in [5.41, 5.74) is 9.53. The number of nitrogens with two attached hydrogens (primary N) is 1. The minimum absolute atomic E-state index is 0. The van der Waals surface area contributed by atoms with E-state index in [2.05, 4.69) is 5.32 Å². The molecule has 2 aromatic rings. The Kier molecular flexibility index (Phi) is 6.89. The molecule has 0 radical (unpaired) electrons. The number of hydrogen-bond donors (Lipinski definition) is 2. The molecule has 1 heterocycles. The summed E-state index contributed by atoms with van der Waals surface area (Å²) in [5.74, 6) is 0.459. The normalized spacial score (nSPS) is 16.0. The van der Waals surface area contributed by atoms with Crippen LogP contribution < -0.4 is 15.8 Å². The minimum atomic E-state index is -0.199. The number of aryl methyl sites for hydroxylation is 2. The Balaban J connectivity index is 0.00000243. The average molecular weight is 377 g/mol. The Labute approximate surface area is 160 Å². The molecule has 3 rings (SSSR count). The number of nitrogens with one attached hydrogen (secondary N) is 1. The van der Waals surface area contributed by atoms with Gasteiger partial charge in [0.25, 0.3) is 5.91 Å². The number of rotatable bonds is 5. The molecule has 1 fully saturated rings. The van der Waals surface area contributed by atoms with Gasteiger partial charge in [0.1, 0.15) is 12.4 Å². The molecule has 0 bridgehead atoms. The van der Waals surface area contributed by atoms with Crippen molar-refractivity contribution in [1.29, 1.82) is 0 Å². The van der Waals surface area contributed by atoms with E-state index >= 15 is 0 Å². The molecule has 2 aromatic carbocycles. The van der Waals surface area contributed by atoms with Crippen LogP contribution in [0.25, 0.3) is 0 Å². The third-order valence-corrected chi connectivity index (χ3v) is 4.34. The van der Waals surface area contributed by atoms with Crippen LogP contribution in [0.3, 0.4) is 0 Å². The van der Waals surface area contributed by atoms with Gasteiger partial charge in [0.2, 0.25) is 0 Å². The second-order valence-electron chi connectivity index (χ2n) is 6.47. The first kappa shape index (κ1) is 20.1. The largest absolute Gasteiger partial charge is 0.489 e. The van der Waals surface area contributed by atoms with E-state index in [4.69, 9.17) is 15.2 Å². The van der Waals surface area contributed by atoms with Crippen molar-refractivity contribution in [3.8, 4) is 5.75 Å². The Hall–Kier alpha value is -2.24. The van der Waals surface area contributed by atoms with Gasteiger partial charge in [0.05, 0.1) is 11.8 Å². The van der Waals surface area contributed by atoms with E-state index < -0.39 is 0 Å². The zero-order valence-corrected chi connectivity index (χ0v) is 15.9. The molecule has 1 aliphatic heterocycles. The minimum Gasteiger partial charge on any atom is -0.489 e. The Bertz CT molecular complexity index is 774. The summed E-state index contributed by atoms with van der Waals surface area (Å²) in [7, 11) is 0. The summed E-state index contributed by atoms with van der Waals surface area (Å²) in [6.07, 6.45) is 2.20. The Morgan fingerprint density at radius 1 is 1.27 bits per heavy atom. The van der Waals surface area contributed by atoms with E-state index in [0.29, 0.717) is 29.3 Å². The molecule has 1 aliphatic rings. The SMILES string of the molecule is Cc1ccc(NC(=O)c2cc(N)ccc2C)c(OCC2CCCO2)c1.Cl. The summed E-state index contributed by atoms with van der Waals surface area (Å²) >= 11 is 0. The third-order valence-electron chi connectivity index (χ3n) is 4.34. The van der Waals surface area contributed by atoms with Gasteiger partial charge in [-0.2, -0.15) is 0 Å². The fourth-order valence-corrected chi connectivity index (χ4v) is 2.88. The van der Waals surface area contributed by atoms with E-state index in [1.807, 2.05) is 38.1 Å². The van der Waals surface area contributed by atoms with E-state index in [9.17, 15) is 4.79 Å². The lowest BCUT2D eigenvalue weighted by Crippen LogP contribution is -2.18. The van der Waals surface area contributed by atoms with E-state index in [1.54, 1.807) is 12.1 Å². The molecule has 6 heteroatoms. The van der Waals surface area contributed by atoms with Crippen LogP contribution in [0.2, 0.25) is 0 Å². The number of carbonyl (C=O) groups is 1. The van der Waals surface area contributed by atoms with Crippen molar-refractivity contribution in [3.05, 3.63) is 53.1 Å². The molecule has 1 saturated heterocycles. The lowest BCUT2D eigenvalue weighted by Gasteiger charge is -2.16. The number of anilines is 2. The van der Waals surface area contributed by atoms with Crippen molar-refractivity contribution in [2.24, 2.45) is 0 Å². The molecule has 0 aromatic heterocycles. The highest BCUT2D eigenvalue weighted by Gasteiger charge is 2.18. The molecular formula is C20H25ClN2O3. The van der Waals surface area contributed by atoms with Crippen molar-refractivity contribution in [2.75, 3.05) is 24.3 Å². The number of carbonyl (C=O) groups excluding carboxylic acids is 1. The van der Waals surface area contributed by atoms with E-state index in [-0.39, 0.29) is 24.4 Å². The van der Waals surface area contributed by atoms with Crippen molar-refractivity contribution in [2.45, 2.75) is 32.8 Å². The van der Waals surface area contributed by atoms with Crippen LogP contribution in [-0.4, -0.2) is 25.2 Å². The maximum Gasteiger partial charge on any atom is 0.256 e. The summed E-state index contributed by atoms with van der Waals surface area (Å²) in [6, 6.07) is 11.0. The van der Waals surface area contributed by atoms with Gasteiger partial charge in [0, 0.05) is 17.9 Å². The number of halogens is 1. The molecule has 140 valence electrons. The molecule has 1 amide bonds. The van der Waals surface area contributed by atoms with Crippen LogP contribution in [-0.2, 0) is 4.74 Å². The summed E-state index contributed by atoms with van der Waals surface area (Å²) in [6.45, 7) is 5.16. The van der Waals surface area contributed by atoms with Crippen LogP contribution in [0, 0.1) is 13.8 Å². The summed E-state index contributed by atoms with van der Waals surface area (Å²) in [5, 5.41) is 2.94. The van der Waals surface area contributed by atoms with Gasteiger partial charge < -0.3 is 20.5 Å². The Morgan fingerprint density at radius 2 is 2.08 bits per heavy atom. The summed E-state index contributed by atoms with van der Waals surface area (Å²) in [4.78, 5) is 12.6. The molecule has 1 unspecified atom stereocenters. The number of hydrogen-bond acceptors (Lipinski definition) is 4. The van der Waals surface area contributed by atoms with E-state index in [0.717, 1.165) is 30.6 Å². The van der Waals surface area contributed by atoms with Gasteiger partial charge in [-0.1, -0.05) is 12.1 Å². The standard InChI is InChI=1S/C20H24N2O3.ClH/c1-13-5-8-18(19(10-13)25-12-16-4-3-9-24-16)22-20(23)17-11-15(21)7-6-14(17)2;/h5-8,10-11,16H,3-4,9,12,21H2,1-2H3,(H,22,23);1H. The second-order valence-corrected chi connectivity index (χ2v) is 6.47.